The number of nitrogens with zero attached hydrogens (tertiary/aromatic N) is 1. The fourth-order valence-corrected chi connectivity index (χ4v) is 4.79. The second-order valence-electron chi connectivity index (χ2n) is 6.73. The summed E-state index contributed by atoms with van der Waals surface area (Å²) in [6, 6.07) is 18.5. The molecule has 32 heavy (non-hydrogen) atoms. The highest BCUT2D eigenvalue weighted by Gasteiger charge is 2.29. The first-order valence-corrected chi connectivity index (χ1v) is 11.6. The zero-order chi connectivity index (χ0) is 23.3. The third-order valence-electron chi connectivity index (χ3n) is 4.26. The number of halogens is 2. The van der Waals surface area contributed by atoms with Gasteiger partial charge in [0.25, 0.3) is 10.0 Å². The normalized spacial score (nSPS) is 11.0. The molecule has 0 heterocycles. The van der Waals surface area contributed by atoms with Gasteiger partial charge in [-0.2, -0.15) is 0 Å². The van der Waals surface area contributed by atoms with Gasteiger partial charge in [-0.25, -0.2) is 8.42 Å². The lowest BCUT2D eigenvalue weighted by molar-refractivity contribution is -0.115. The van der Waals surface area contributed by atoms with Crippen molar-refractivity contribution < 1.29 is 18.0 Å². The Hall–Kier alpha value is -3.07. The molecule has 2 N–H and O–H groups in total. The molecule has 0 saturated carbocycles. The summed E-state index contributed by atoms with van der Waals surface area (Å²) in [5.74, 6) is -0.871. The van der Waals surface area contributed by atoms with Crippen molar-refractivity contribution in [2.45, 2.75) is 11.8 Å². The molecule has 0 bridgehead atoms. The average molecular weight is 492 g/mol. The predicted octanol–water partition coefficient (Wildman–Crippen LogP) is 4.79. The van der Waals surface area contributed by atoms with Gasteiger partial charge in [-0.05, 0) is 48.5 Å². The maximum Gasteiger partial charge on any atom is 0.264 e. The molecule has 3 aromatic rings. The molecule has 0 aromatic heterocycles. The summed E-state index contributed by atoms with van der Waals surface area (Å²) >= 11 is 12.3. The average Bonchev–Trinajstić information content (AvgIpc) is 2.74. The molecule has 0 spiro atoms. The minimum atomic E-state index is -4.13. The van der Waals surface area contributed by atoms with E-state index in [0.29, 0.717) is 11.4 Å². The van der Waals surface area contributed by atoms with E-state index in [1.54, 1.807) is 42.5 Å². The van der Waals surface area contributed by atoms with E-state index in [0.717, 1.165) is 4.31 Å². The van der Waals surface area contributed by atoms with Gasteiger partial charge in [0.15, 0.2) is 0 Å². The van der Waals surface area contributed by atoms with Crippen LogP contribution >= 0.6 is 23.2 Å². The SMILES string of the molecule is CC(=O)Nc1cccc(NC(=O)CN(c2cc(Cl)ccc2Cl)S(=O)(=O)c2ccccc2)c1. The van der Waals surface area contributed by atoms with Crippen molar-refractivity contribution in [1.29, 1.82) is 0 Å². The number of carbonyl (C=O) groups excluding carboxylic acids is 2. The fourth-order valence-electron chi connectivity index (χ4n) is 2.91. The van der Waals surface area contributed by atoms with Crippen molar-refractivity contribution in [2.75, 3.05) is 21.5 Å². The first-order valence-electron chi connectivity index (χ1n) is 9.37. The van der Waals surface area contributed by atoms with Gasteiger partial charge in [-0.15, -0.1) is 0 Å². The van der Waals surface area contributed by atoms with E-state index in [1.165, 1.54) is 37.3 Å². The Morgan fingerprint density at radius 3 is 2.19 bits per heavy atom. The number of carbonyl (C=O) groups is 2. The van der Waals surface area contributed by atoms with Gasteiger partial charge in [-0.3, -0.25) is 13.9 Å². The van der Waals surface area contributed by atoms with Crippen LogP contribution in [0.15, 0.2) is 77.7 Å². The highest BCUT2D eigenvalue weighted by atomic mass is 35.5. The summed E-state index contributed by atoms with van der Waals surface area (Å²) in [5, 5.41) is 5.64. The van der Waals surface area contributed by atoms with E-state index in [-0.39, 0.29) is 26.5 Å². The molecule has 0 saturated heterocycles. The van der Waals surface area contributed by atoms with Crippen LogP contribution in [0.3, 0.4) is 0 Å². The van der Waals surface area contributed by atoms with Crippen molar-refractivity contribution in [1.82, 2.24) is 0 Å². The lowest BCUT2D eigenvalue weighted by Gasteiger charge is -2.25. The Morgan fingerprint density at radius 2 is 1.53 bits per heavy atom. The van der Waals surface area contributed by atoms with Crippen molar-refractivity contribution in [3.63, 3.8) is 0 Å². The van der Waals surface area contributed by atoms with Crippen LogP contribution in [0, 0.1) is 0 Å². The van der Waals surface area contributed by atoms with Gasteiger partial charge in [0.1, 0.15) is 6.54 Å². The quantitative estimate of drug-likeness (QED) is 0.496. The van der Waals surface area contributed by atoms with E-state index < -0.39 is 22.5 Å². The minimum Gasteiger partial charge on any atom is -0.326 e. The minimum absolute atomic E-state index is 0.00324. The van der Waals surface area contributed by atoms with Crippen molar-refractivity contribution in [3.8, 4) is 0 Å². The fraction of sp³-hybridized carbons (Fsp3) is 0.0909. The van der Waals surface area contributed by atoms with E-state index in [2.05, 4.69) is 10.6 Å². The standard InChI is InChI=1S/C22H19Cl2N3O4S/c1-15(28)25-17-6-5-7-18(13-17)26-22(29)14-27(21-12-16(23)10-11-20(21)24)32(30,31)19-8-3-2-4-9-19/h2-13H,14H2,1H3,(H,25,28)(H,26,29). The summed E-state index contributed by atoms with van der Waals surface area (Å²) in [6.45, 7) is 0.813. The van der Waals surface area contributed by atoms with Crippen LogP contribution in [0.4, 0.5) is 17.1 Å². The largest absolute Gasteiger partial charge is 0.326 e. The number of amides is 2. The lowest BCUT2D eigenvalue weighted by atomic mass is 10.2. The molecule has 0 atom stereocenters. The van der Waals surface area contributed by atoms with Crippen LogP contribution in [-0.4, -0.2) is 26.8 Å². The number of rotatable bonds is 7. The highest BCUT2D eigenvalue weighted by Crippen LogP contribution is 2.33. The van der Waals surface area contributed by atoms with Crippen LogP contribution in [0.25, 0.3) is 0 Å². The molecule has 0 unspecified atom stereocenters. The summed E-state index contributed by atoms with van der Waals surface area (Å²) in [4.78, 5) is 24.1. The first kappa shape index (κ1) is 23.6. The number of hydrogen-bond donors (Lipinski definition) is 2. The van der Waals surface area contributed by atoms with E-state index in [1.807, 2.05) is 0 Å². The second kappa shape index (κ2) is 10.0. The number of nitrogens with one attached hydrogen (secondary N) is 2. The van der Waals surface area contributed by atoms with Crippen molar-refractivity contribution >= 4 is 62.1 Å². The van der Waals surface area contributed by atoms with Crippen LogP contribution in [0.1, 0.15) is 6.92 Å². The van der Waals surface area contributed by atoms with Crippen LogP contribution < -0.4 is 14.9 Å². The van der Waals surface area contributed by atoms with Crippen LogP contribution in [-0.2, 0) is 19.6 Å². The lowest BCUT2D eigenvalue weighted by Crippen LogP contribution is -2.38. The van der Waals surface area contributed by atoms with Gasteiger partial charge < -0.3 is 10.6 Å². The van der Waals surface area contributed by atoms with Crippen LogP contribution in [0.2, 0.25) is 10.0 Å². The zero-order valence-electron chi connectivity index (χ0n) is 16.9. The molecule has 7 nitrogen and oxygen atoms in total. The van der Waals surface area contributed by atoms with Gasteiger partial charge in [-0.1, -0.05) is 47.5 Å². The molecule has 166 valence electrons. The third-order valence-corrected chi connectivity index (χ3v) is 6.59. The Balaban J connectivity index is 1.94. The van der Waals surface area contributed by atoms with Crippen molar-refractivity contribution in [2.24, 2.45) is 0 Å². The predicted molar refractivity (Wildman–Crippen MR) is 127 cm³/mol. The number of sulfonamides is 1. The first-order chi connectivity index (χ1) is 15.2. The Labute approximate surface area is 196 Å². The van der Waals surface area contributed by atoms with Gasteiger partial charge in [0, 0.05) is 23.3 Å². The van der Waals surface area contributed by atoms with Gasteiger partial charge >= 0.3 is 0 Å². The van der Waals surface area contributed by atoms with Crippen LogP contribution in [0.5, 0.6) is 0 Å². The maximum atomic E-state index is 13.4. The van der Waals surface area contributed by atoms with Crippen molar-refractivity contribution in [3.05, 3.63) is 82.8 Å². The third kappa shape index (κ3) is 5.79. The molecule has 0 aliphatic rings. The molecule has 0 aliphatic carbocycles. The Kier molecular flexibility index (Phi) is 7.40. The van der Waals surface area contributed by atoms with Gasteiger partial charge in [0.05, 0.1) is 15.6 Å². The molecule has 0 fully saturated rings. The maximum absolute atomic E-state index is 13.4. The Morgan fingerprint density at radius 1 is 0.875 bits per heavy atom. The molecule has 10 heteroatoms. The topological polar surface area (TPSA) is 95.6 Å². The van der Waals surface area contributed by atoms with E-state index >= 15 is 0 Å². The molecular weight excluding hydrogens is 473 g/mol. The molecule has 0 radical (unpaired) electrons. The summed E-state index contributed by atoms with van der Waals surface area (Å²) in [5.41, 5.74) is 0.947. The number of anilines is 3. The Bertz CT molecular complexity index is 1250. The number of benzene rings is 3. The summed E-state index contributed by atoms with van der Waals surface area (Å²) in [7, 11) is -4.13. The molecule has 3 aromatic carbocycles. The molecule has 0 aliphatic heterocycles. The summed E-state index contributed by atoms with van der Waals surface area (Å²) < 4.78 is 27.6. The van der Waals surface area contributed by atoms with Gasteiger partial charge in [0.2, 0.25) is 11.8 Å². The number of hydrogen-bond acceptors (Lipinski definition) is 4. The second-order valence-corrected chi connectivity index (χ2v) is 9.44. The molecule has 3 rings (SSSR count). The monoisotopic (exact) mass is 491 g/mol. The molecule has 2 amide bonds. The van der Waals surface area contributed by atoms with E-state index in [9.17, 15) is 18.0 Å². The highest BCUT2D eigenvalue weighted by molar-refractivity contribution is 7.92. The zero-order valence-corrected chi connectivity index (χ0v) is 19.2. The van der Waals surface area contributed by atoms with E-state index in [4.69, 9.17) is 23.2 Å². The summed E-state index contributed by atoms with van der Waals surface area (Å²) in [6.07, 6.45) is 0. The molecular formula is C22H19Cl2N3O4S. The smallest absolute Gasteiger partial charge is 0.264 e.